The number of hydrogen-bond donors (Lipinski definition) is 1. The van der Waals surface area contributed by atoms with Crippen LogP contribution in [0, 0.1) is 5.92 Å². The second-order valence-electron chi connectivity index (χ2n) is 4.94. The number of hydrogen-bond acceptors (Lipinski definition) is 2. The maximum atomic E-state index is 13.9. The predicted octanol–water partition coefficient (Wildman–Crippen LogP) is 2.26. The zero-order chi connectivity index (χ0) is 13.0. The number of aliphatic hydroxyl groups is 1. The van der Waals surface area contributed by atoms with Crippen LogP contribution in [0.5, 0.6) is 0 Å². The Morgan fingerprint density at radius 1 is 1.47 bits per heavy atom. The maximum Gasteiger partial charge on any atom is 0.282 e. The molecule has 1 aliphatic carbocycles. The highest BCUT2D eigenvalue weighted by Gasteiger charge is 2.30. The molecule has 0 aliphatic heterocycles. The molecule has 0 atom stereocenters. The van der Waals surface area contributed by atoms with E-state index in [0.29, 0.717) is 18.5 Å². The zero-order valence-electron chi connectivity index (χ0n) is 10.9. The van der Waals surface area contributed by atoms with Gasteiger partial charge in [-0.2, -0.15) is 0 Å². The SMILES string of the molecule is CC(=C(F)C(=O)N(CCCO)C(C)C)C1CC1. The molecule has 1 rings (SSSR count). The van der Waals surface area contributed by atoms with Crippen molar-refractivity contribution in [3.63, 3.8) is 0 Å². The third-order valence-electron chi connectivity index (χ3n) is 3.17. The van der Waals surface area contributed by atoms with Crippen molar-refractivity contribution in [2.45, 2.75) is 46.1 Å². The molecule has 0 unspecified atom stereocenters. The number of carbonyl (C=O) groups excluding carboxylic acids is 1. The van der Waals surface area contributed by atoms with Crippen LogP contribution in [-0.4, -0.2) is 35.1 Å². The average Bonchev–Trinajstić information content (AvgIpc) is 3.10. The van der Waals surface area contributed by atoms with Gasteiger partial charge in [-0.15, -0.1) is 0 Å². The molecule has 1 N–H and O–H groups in total. The lowest BCUT2D eigenvalue weighted by Crippen LogP contribution is -2.38. The molecule has 1 saturated carbocycles. The molecule has 0 radical (unpaired) electrons. The monoisotopic (exact) mass is 243 g/mol. The van der Waals surface area contributed by atoms with E-state index < -0.39 is 11.7 Å². The largest absolute Gasteiger partial charge is 0.396 e. The quantitative estimate of drug-likeness (QED) is 0.727. The number of aliphatic hydroxyl groups excluding tert-OH is 1. The van der Waals surface area contributed by atoms with Gasteiger partial charge in [-0.05, 0) is 51.5 Å². The first kappa shape index (κ1) is 14.2. The molecule has 1 aliphatic rings. The Hall–Kier alpha value is -0.900. The zero-order valence-corrected chi connectivity index (χ0v) is 10.9. The summed E-state index contributed by atoms with van der Waals surface area (Å²) in [5.41, 5.74) is 0.588. The lowest BCUT2D eigenvalue weighted by atomic mass is 10.1. The second-order valence-corrected chi connectivity index (χ2v) is 4.94. The van der Waals surface area contributed by atoms with Crippen molar-refractivity contribution >= 4 is 5.91 Å². The normalized spacial score (nSPS) is 17.1. The van der Waals surface area contributed by atoms with E-state index in [1.54, 1.807) is 6.92 Å². The van der Waals surface area contributed by atoms with E-state index in [0.717, 1.165) is 12.8 Å². The summed E-state index contributed by atoms with van der Waals surface area (Å²) in [7, 11) is 0. The summed E-state index contributed by atoms with van der Waals surface area (Å²) in [6.45, 7) is 5.83. The third kappa shape index (κ3) is 3.80. The van der Waals surface area contributed by atoms with Gasteiger partial charge in [0.15, 0.2) is 5.83 Å². The molecule has 1 amide bonds. The Kier molecular flexibility index (Phi) is 5.12. The van der Waals surface area contributed by atoms with Crippen LogP contribution in [0.1, 0.15) is 40.0 Å². The summed E-state index contributed by atoms with van der Waals surface area (Å²) >= 11 is 0. The summed E-state index contributed by atoms with van der Waals surface area (Å²) < 4.78 is 13.9. The third-order valence-corrected chi connectivity index (χ3v) is 3.17. The molecular weight excluding hydrogens is 221 g/mol. The number of allylic oxidation sites excluding steroid dienone is 1. The van der Waals surface area contributed by atoms with Crippen molar-refractivity contribution < 1.29 is 14.3 Å². The molecule has 0 saturated heterocycles. The number of nitrogens with zero attached hydrogens (tertiary/aromatic N) is 1. The van der Waals surface area contributed by atoms with Crippen LogP contribution < -0.4 is 0 Å². The summed E-state index contributed by atoms with van der Waals surface area (Å²) in [5.74, 6) is -0.859. The van der Waals surface area contributed by atoms with Gasteiger partial charge in [0, 0.05) is 19.2 Å². The number of rotatable bonds is 6. The Bertz CT molecular complexity index is 309. The number of amides is 1. The first-order valence-corrected chi connectivity index (χ1v) is 6.27. The van der Waals surface area contributed by atoms with E-state index in [1.807, 2.05) is 13.8 Å². The van der Waals surface area contributed by atoms with Gasteiger partial charge in [0.05, 0.1) is 0 Å². The van der Waals surface area contributed by atoms with E-state index in [2.05, 4.69) is 0 Å². The highest BCUT2D eigenvalue weighted by molar-refractivity contribution is 5.92. The van der Waals surface area contributed by atoms with Crippen molar-refractivity contribution in [3.8, 4) is 0 Å². The van der Waals surface area contributed by atoms with Gasteiger partial charge in [0.2, 0.25) is 0 Å². The van der Waals surface area contributed by atoms with Crippen LogP contribution in [-0.2, 0) is 4.79 Å². The second kappa shape index (κ2) is 6.15. The Labute approximate surface area is 102 Å². The van der Waals surface area contributed by atoms with Crippen LogP contribution in [0.4, 0.5) is 4.39 Å². The van der Waals surface area contributed by atoms with Crippen LogP contribution in [0.3, 0.4) is 0 Å². The van der Waals surface area contributed by atoms with Crippen molar-refractivity contribution in [1.29, 1.82) is 0 Å². The number of carbonyl (C=O) groups is 1. The highest BCUT2D eigenvalue weighted by Crippen LogP contribution is 2.38. The fourth-order valence-corrected chi connectivity index (χ4v) is 1.83. The first-order valence-electron chi connectivity index (χ1n) is 6.27. The van der Waals surface area contributed by atoms with Crippen molar-refractivity contribution in [2.24, 2.45) is 5.92 Å². The van der Waals surface area contributed by atoms with Gasteiger partial charge in [-0.25, -0.2) is 4.39 Å². The maximum absolute atomic E-state index is 13.9. The molecule has 98 valence electrons. The van der Waals surface area contributed by atoms with Gasteiger partial charge in [0.1, 0.15) is 0 Å². The van der Waals surface area contributed by atoms with E-state index in [1.165, 1.54) is 4.90 Å². The van der Waals surface area contributed by atoms with Gasteiger partial charge in [-0.3, -0.25) is 4.79 Å². The van der Waals surface area contributed by atoms with Crippen molar-refractivity contribution in [2.75, 3.05) is 13.2 Å². The van der Waals surface area contributed by atoms with Gasteiger partial charge in [-0.1, -0.05) is 0 Å². The fraction of sp³-hybridized carbons (Fsp3) is 0.769. The standard InChI is InChI=1S/C13H22FNO2/c1-9(2)15(7-4-8-16)13(17)12(14)10(3)11-5-6-11/h9,11,16H,4-8H2,1-3H3. The minimum atomic E-state index is -0.598. The van der Waals surface area contributed by atoms with Gasteiger partial charge >= 0.3 is 0 Å². The average molecular weight is 243 g/mol. The Balaban J connectivity index is 2.72. The first-order chi connectivity index (χ1) is 7.99. The van der Waals surface area contributed by atoms with Crippen molar-refractivity contribution in [3.05, 3.63) is 11.4 Å². The topological polar surface area (TPSA) is 40.5 Å². The molecule has 0 spiro atoms. The number of halogens is 1. The molecular formula is C13H22FNO2. The highest BCUT2D eigenvalue weighted by atomic mass is 19.1. The van der Waals surface area contributed by atoms with Gasteiger partial charge in [0.25, 0.3) is 5.91 Å². The predicted molar refractivity (Wildman–Crippen MR) is 65.1 cm³/mol. The van der Waals surface area contributed by atoms with Crippen molar-refractivity contribution in [1.82, 2.24) is 4.90 Å². The lowest BCUT2D eigenvalue weighted by molar-refractivity contribution is -0.130. The van der Waals surface area contributed by atoms with E-state index in [4.69, 9.17) is 5.11 Å². The van der Waals surface area contributed by atoms with Crippen LogP contribution >= 0.6 is 0 Å². The van der Waals surface area contributed by atoms with E-state index in [-0.39, 0.29) is 18.6 Å². The molecule has 0 aromatic rings. The van der Waals surface area contributed by atoms with E-state index in [9.17, 15) is 9.18 Å². The summed E-state index contributed by atoms with van der Waals surface area (Å²) in [5, 5.41) is 8.78. The molecule has 0 aromatic heterocycles. The lowest BCUT2D eigenvalue weighted by Gasteiger charge is -2.26. The molecule has 17 heavy (non-hydrogen) atoms. The van der Waals surface area contributed by atoms with Crippen LogP contribution in [0.15, 0.2) is 11.4 Å². The molecule has 4 heteroatoms. The molecule has 0 heterocycles. The van der Waals surface area contributed by atoms with Gasteiger partial charge < -0.3 is 10.0 Å². The summed E-state index contributed by atoms with van der Waals surface area (Å²) in [6.07, 6.45) is 2.47. The molecule has 0 bridgehead atoms. The Morgan fingerprint density at radius 2 is 2.06 bits per heavy atom. The summed E-state index contributed by atoms with van der Waals surface area (Å²) in [4.78, 5) is 13.5. The van der Waals surface area contributed by atoms with Crippen LogP contribution in [0.2, 0.25) is 0 Å². The molecule has 3 nitrogen and oxygen atoms in total. The minimum absolute atomic E-state index is 0.0173. The Morgan fingerprint density at radius 3 is 2.47 bits per heavy atom. The fourth-order valence-electron chi connectivity index (χ4n) is 1.83. The molecule has 1 fully saturated rings. The van der Waals surface area contributed by atoms with Crippen LogP contribution in [0.25, 0.3) is 0 Å². The minimum Gasteiger partial charge on any atom is -0.396 e. The smallest absolute Gasteiger partial charge is 0.282 e. The summed E-state index contributed by atoms with van der Waals surface area (Å²) in [6, 6.07) is -0.0493. The molecule has 0 aromatic carbocycles. The van der Waals surface area contributed by atoms with E-state index >= 15 is 0 Å².